The zero-order chi connectivity index (χ0) is 15.5. The van der Waals surface area contributed by atoms with Crippen LogP contribution in [0.25, 0.3) is 11.3 Å². The van der Waals surface area contributed by atoms with E-state index in [9.17, 15) is 13.2 Å². The van der Waals surface area contributed by atoms with Gasteiger partial charge in [0.05, 0.1) is 11.3 Å². The maximum absolute atomic E-state index is 12.5. The van der Waals surface area contributed by atoms with Crippen molar-refractivity contribution in [1.82, 2.24) is 9.97 Å². The van der Waals surface area contributed by atoms with Gasteiger partial charge in [0.25, 0.3) is 0 Å². The molecule has 0 saturated carbocycles. The number of anilines is 1. The lowest BCUT2D eigenvalue weighted by Gasteiger charge is -2.09. The van der Waals surface area contributed by atoms with Gasteiger partial charge in [-0.1, -0.05) is 12.1 Å². The standard InChI is InChI=1S/C14H14F3N3O/c1-2-21-8-13-19-11(7-12(18)20-13)9-3-5-10(6-4-9)14(15,16)17/h3-7H,2,8H2,1H3,(H2,18,19,20). The number of nitrogens with two attached hydrogens (primary N) is 1. The fraction of sp³-hybridized carbons (Fsp3) is 0.286. The van der Waals surface area contributed by atoms with Crippen molar-refractivity contribution >= 4 is 5.82 Å². The Hall–Kier alpha value is -2.15. The predicted octanol–water partition coefficient (Wildman–Crippen LogP) is 3.28. The van der Waals surface area contributed by atoms with E-state index in [1.54, 1.807) is 0 Å². The number of hydrogen-bond donors (Lipinski definition) is 1. The second kappa shape index (κ2) is 6.09. The van der Waals surface area contributed by atoms with E-state index >= 15 is 0 Å². The number of ether oxygens (including phenoxy) is 1. The first-order valence-electron chi connectivity index (χ1n) is 6.29. The minimum absolute atomic E-state index is 0.204. The van der Waals surface area contributed by atoms with Crippen LogP contribution in [0, 0.1) is 0 Å². The summed E-state index contributed by atoms with van der Waals surface area (Å²) in [6, 6.07) is 6.24. The maximum Gasteiger partial charge on any atom is 0.416 e. The Kier molecular flexibility index (Phi) is 4.42. The molecule has 4 nitrogen and oxygen atoms in total. The Morgan fingerprint density at radius 1 is 1.14 bits per heavy atom. The number of alkyl halides is 3. The number of nitrogen functional groups attached to an aromatic ring is 1. The van der Waals surface area contributed by atoms with Crippen LogP contribution < -0.4 is 5.73 Å². The van der Waals surface area contributed by atoms with E-state index in [-0.39, 0.29) is 12.4 Å². The number of hydrogen-bond acceptors (Lipinski definition) is 4. The van der Waals surface area contributed by atoms with Crippen LogP contribution in [-0.4, -0.2) is 16.6 Å². The van der Waals surface area contributed by atoms with Crippen LogP contribution in [0.4, 0.5) is 19.0 Å². The fourth-order valence-corrected chi connectivity index (χ4v) is 1.75. The second-order valence-electron chi connectivity index (χ2n) is 4.31. The summed E-state index contributed by atoms with van der Waals surface area (Å²) >= 11 is 0. The van der Waals surface area contributed by atoms with Gasteiger partial charge < -0.3 is 10.5 Å². The summed E-state index contributed by atoms with van der Waals surface area (Å²) < 4.78 is 42.8. The van der Waals surface area contributed by atoms with Crippen molar-refractivity contribution in [3.8, 4) is 11.3 Å². The highest BCUT2D eigenvalue weighted by Crippen LogP contribution is 2.30. The molecule has 112 valence electrons. The fourth-order valence-electron chi connectivity index (χ4n) is 1.75. The second-order valence-corrected chi connectivity index (χ2v) is 4.31. The molecule has 1 aromatic carbocycles. The molecule has 0 atom stereocenters. The van der Waals surface area contributed by atoms with Gasteiger partial charge in [-0.05, 0) is 19.1 Å². The lowest BCUT2D eigenvalue weighted by atomic mass is 10.1. The molecule has 0 aliphatic carbocycles. The Morgan fingerprint density at radius 3 is 2.38 bits per heavy atom. The lowest BCUT2D eigenvalue weighted by Crippen LogP contribution is -2.05. The molecule has 21 heavy (non-hydrogen) atoms. The number of benzene rings is 1. The zero-order valence-electron chi connectivity index (χ0n) is 11.3. The monoisotopic (exact) mass is 297 g/mol. The van der Waals surface area contributed by atoms with Crippen molar-refractivity contribution < 1.29 is 17.9 Å². The Morgan fingerprint density at radius 2 is 1.81 bits per heavy atom. The molecular formula is C14H14F3N3O. The highest BCUT2D eigenvalue weighted by Gasteiger charge is 2.30. The Labute approximate surface area is 119 Å². The molecule has 2 N–H and O–H groups in total. The maximum atomic E-state index is 12.5. The molecule has 0 fully saturated rings. The van der Waals surface area contributed by atoms with Crippen LogP contribution in [0.1, 0.15) is 18.3 Å². The van der Waals surface area contributed by atoms with Gasteiger partial charge in [0.15, 0.2) is 5.82 Å². The molecule has 2 aromatic rings. The zero-order valence-corrected chi connectivity index (χ0v) is 11.3. The quantitative estimate of drug-likeness (QED) is 0.940. The van der Waals surface area contributed by atoms with E-state index in [2.05, 4.69) is 9.97 Å². The van der Waals surface area contributed by atoms with E-state index in [0.717, 1.165) is 12.1 Å². The average molecular weight is 297 g/mol. The molecule has 0 saturated heterocycles. The number of halogens is 3. The molecular weight excluding hydrogens is 283 g/mol. The van der Waals surface area contributed by atoms with Gasteiger partial charge in [0.1, 0.15) is 12.4 Å². The van der Waals surface area contributed by atoms with E-state index in [0.29, 0.717) is 23.7 Å². The molecule has 0 amide bonds. The van der Waals surface area contributed by atoms with Crippen LogP contribution in [0.15, 0.2) is 30.3 Å². The SMILES string of the molecule is CCOCc1nc(N)cc(-c2ccc(C(F)(F)F)cc2)n1. The Bertz CT molecular complexity index is 612. The molecule has 0 unspecified atom stereocenters. The van der Waals surface area contributed by atoms with Gasteiger partial charge in [0.2, 0.25) is 0 Å². The van der Waals surface area contributed by atoms with Gasteiger partial charge in [-0.15, -0.1) is 0 Å². The molecule has 2 rings (SSSR count). The summed E-state index contributed by atoms with van der Waals surface area (Å²) in [6.07, 6.45) is -4.36. The molecule has 0 radical (unpaired) electrons. The van der Waals surface area contributed by atoms with E-state index < -0.39 is 11.7 Å². The third kappa shape index (κ3) is 3.91. The number of rotatable bonds is 4. The minimum atomic E-state index is -4.36. The first-order chi connectivity index (χ1) is 9.90. The van der Waals surface area contributed by atoms with Crippen molar-refractivity contribution in [2.45, 2.75) is 19.7 Å². The summed E-state index contributed by atoms with van der Waals surface area (Å²) in [5.74, 6) is 0.640. The first kappa shape index (κ1) is 15.2. The van der Waals surface area contributed by atoms with Gasteiger partial charge in [-0.2, -0.15) is 13.2 Å². The van der Waals surface area contributed by atoms with Gasteiger partial charge in [0, 0.05) is 18.2 Å². The van der Waals surface area contributed by atoms with Crippen molar-refractivity contribution in [3.05, 3.63) is 41.7 Å². The third-order valence-corrected chi connectivity index (χ3v) is 2.74. The predicted molar refractivity (Wildman–Crippen MR) is 72.2 cm³/mol. The van der Waals surface area contributed by atoms with Crippen molar-refractivity contribution in [2.24, 2.45) is 0 Å². The lowest BCUT2D eigenvalue weighted by molar-refractivity contribution is -0.137. The van der Waals surface area contributed by atoms with Crippen LogP contribution in [0.2, 0.25) is 0 Å². The van der Waals surface area contributed by atoms with E-state index in [1.165, 1.54) is 18.2 Å². The molecule has 7 heteroatoms. The summed E-state index contributed by atoms with van der Waals surface area (Å²) in [5.41, 5.74) is 5.98. The molecule has 1 heterocycles. The topological polar surface area (TPSA) is 61.0 Å². The molecule has 0 spiro atoms. The van der Waals surface area contributed by atoms with Gasteiger partial charge in [-0.3, -0.25) is 0 Å². The summed E-state index contributed by atoms with van der Waals surface area (Å²) in [7, 11) is 0. The third-order valence-electron chi connectivity index (χ3n) is 2.74. The largest absolute Gasteiger partial charge is 0.416 e. The van der Waals surface area contributed by atoms with E-state index in [1.807, 2.05) is 6.92 Å². The van der Waals surface area contributed by atoms with Crippen molar-refractivity contribution in [1.29, 1.82) is 0 Å². The molecule has 0 bridgehead atoms. The normalized spacial score (nSPS) is 11.6. The van der Waals surface area contributed by atoms with Gasteiger partial charge in [-0.25, -0.2) is 9.97 Å². The molecule has 0 aliphatic rings. The highest BCUT2D eigenvalue weighted by molar-refractivity contribution is 5.62. The van der Waals surface area contributed by atoms with Crippen LogP contribution in [0.3, 0.4) is 0 Å². The van der Waals surface area contributed by atoms with Crippen molar-refractivity contribution in [2.75, 3.05) is 12.3 Å². The summed E-state index contributed by atoms with van der Waals surface area (Å²) in [5, 5.41) is 0. The molecule has 0 aliphatic heterocycles. The number of nitrogens with zero attached hydrogens (tertiary/aromatic N) is 2. The van der Waals surface area contributed by atoms with Crippen LogP contribution in [-0.2, 0) is 17.5 Å². The minimum Gasteiger partial charge on any atom is -0.384 e. The average Bonchev–Trinajstić information content (AvgIpc) is 2.44. The van der Waals surface area contributed by atoms with Crippen LogP contribution in [0.5, 0.6) is 0 Å². The Balaban J connectivity index is 2.31. The van der Waals surface area contributed by atoms with Gasteiger partial charge >= 0.3 is 6.18 Å². The van der Waals surface area contributed by atoms with Crippen LogP contribution >= 0.6 is 0 Å². The first-order valence-corrected chi connectivity index (χ1v) is 6.29. The van der Waals surface area contributed by atoms with E-state index in [4.69, 9.17) is 10.5 Å². The smallest absolute Gasteiger partial charge is 0.384 e. The highest BCUT2D eigenvalue weighted by atomic mass is 19.4. The molecule has 1 aromatic heterocycles. The summed E-state index contributed by atoms with van der Waals surface area (Å²) in [4.78, 5) is 8.25. The van der Waals surface area contributed by atoms with Crippen molar-refractivity contribution in [3.63, 3.8) is 0 Å². The summed E-state index contributed by atoms with van der Waals surface area (Å²) in [6.45, 7) is 2.55. The number of aromatic nitrogens is 2.